The zero-order chi connectivity index (χ0) is 13.0. The van der Waals surface area contributed by atoms with Crippen LogP contribution in [0, 0.1) is 5.92 Å². The molecule has 18 heavy (non-hydrogen) atoms. The van der Waals surface area contributed by atoms with Gasteiger partial charge in [0.05, 0.1) is 25.6 Å². The van der Waals surface area contributed by atoms with Crippen LogP contribution in [0.3, 0.4) is 0 Å². The summed E-state index contributed by atoms with van der Waals surface area (Å²) in [5, 5.41) is 3.17. The molecule has 0 radical (unpaired) electrons. The second-order valence-corrected chi connectivity index (χ2v) is 4.29. The van der Waals surface area contributed by atoms with Crippen molar-refractivity contribution in [3.63, 3.8) is 0 Å². The molecule has 6 heteroatoms. The highest BCUT2D eigenvalue weighted by atomic mass is 16.5. The Morgan fingerprint density at radius 1 is 1.61 bits per heavy atom. The summed E-state index contributed by atoms with van der Waals surface area (Å²) in [6.07, 6.45) is 4.28. The normalized spacial score (nSPS) is 22.8. The minimum absolute atomic E-state index is 0.207. The lowest BCUT2D eigenvalue weighted by Crippen LogP contribution is -2.21. The maximum absolute atomic E-state index is 11.3. The average molecular weight is 251 g/mol. The molecule has 2 unspecified atom stereocenters. The van der Waals surface area contributed by atoms with Gasteiger partial charge in [-0.3, -0.25) is 4.98 Å². The predicted molar refractivity (Wildman–Crippen MR) is 65.4 cm³/mol. The van der Waals surface area contributed by atoms with Crippen molar-refractivity contribution in [1.82, 2.24) is 9.97 Å². The molecule has 0 aliphatic carbocycles. The van der Waals surface area contributed by atoms with Crippen LogP contribution >= 0.6 is 0 Å². The molecule has 1 aliphatic heterocycles. The second-order valence-electron chi connectivity index (χ2n) is 4.29. The van der Waals surface area contributed by atoms with E-state index >= 15 is 0 Å². The molecule has 0 bridgehead atoms. The van der Waals surface area contributed by atoms with E-state index in [1.807, 2.05) is 0 Å². The fraction of sp³-hybridized carbons (Fsp3) is 0.583. The number of aromatic nitrogens is 2. The number of ether oxygens (including phenoxy) is 2. The number of anilines is 1. The van der Waals surface area contributed by atoms with E-state index in [9.17, 15) is 4.79 Å². The summed E-state index contributed by atoms with van der Waals surface area (Å²) < 4.78 is 10.1. The molecule has 1 aromatic heterocycles. The van der Waals surface area contributed by atoms with Gasteiger partial charge < -0.3 is 14.8 Å². The number of nitrogens with one attached hydrogen (secondary N) is 1. The van der Waals surface area contributed by atoms with Gasteiger partial charge in [0.15, 0.2) is 5.69 Å². The van der Waals surface area contributed by atoms with E-state index in [0.717, 1.165) is 19.6 Å². The van der Waals surface area contributed by atoms with Crippen molar-refractivity contribution in [3.8, 4) is 0 Å². The summed E-state index contributed by atoms with van der Waals surface area (Å²) in [5.74, 6) is 0.564. The molecule has 1 aliphatic rings. The summed E-state index contributed by atoms with van der Waals surface area (Å²) >= 11 is 0. The molecule has 1 saturated heterocycles. The second kappa shape index (κ2) is 5.77. The van der Waals surface area contributed by atoms with E-state index in [0.29, 0.717) is 11.7 Å². The van der Waals surface area contributed by atoms with Gasteiger partial charge in [0.1, 0.15) is 5.82 Å². The highest BCUT2D eigenvalue weighted by Gasteiger charge is 2.23. The zero-order valence-electron chi connectivity index (χ0n) is 10.5. The van der Waals surface area contributed by atoms with E-state index in [4.69, 9.17) is 4.74 Å². The van der Waals surface area contributed by atoms with Gasteiger partial charge in [0, 0.05) is 19.1 Å². The summed E-state index contributed by atoms with van der Waals surface area (Å²) in [7, 11) is 1.32. The quantitative estimate of drug-likeness (QED) is 0.808. The molecule has 0 amide bonds. The molecule has 2 heterocycles. The monoisotopic (exact) mass is 251 g/mol. The van der Waals surface area contributed by atoms with Crippen LogP contribution in [0.5, 0.6) is 0 Å². The van der Waals surface area contributed by atoms with Crippen LogP contribution in [0.1, 0.15) is 23.8 Å². The molecule has 98 valence electrons. The fourth-order valence-corrected chi connectivity index (χ4v) is 1.93. The number of nitrogens with zero attached hydrogens (tertiary/aromatic N) is 2. The molecular formula is C12H17N3O3. The maximum Gasteiger partial charge on any atom is 0.358 e. The molecule has 0 aromatic carbocycles. The van der Waals surface area contributed by atoms with Crippen LogP contribution < -0.4 is 5.32 Å². The Hall–Kier alpha value is -1.69. The minimum Gasteiger partial charge on any atom is -0.464 e. The maximum atomic E-state index is 11.3. The number of esters is 1. The van der Waals surface area contributed by atoms with Gasteiger partial charge in [0.2, 0.25) is 0 Å². The highest BCUT2D eigenvalue weighted by molar-refractivity contribution is 5.87. The van der Waals surface area contributed by atoms with Crippen molar-refractivity contribution in [2.45, 2.75) is 19.4 Å². The molecule has 1 aromatic rings. The van der Waals surface area contributed by atoms with Crippen LogP contribution in [0.4, 0.5) is 5.82 Å². The molecule has 6 nitrogen and oxygen atoms in total. The third-order valence-electron chi connectivity index (χ3n) is 3.11. The Balaban J connectivity index is 1.95. The van der Waals surface area contributed by atoms with Crippen molar-refractivity contribution in [3.05, 3.63) is 18.1 Å². The molecule has 1 fully saturated rings. The number of rotatable bonds is 4. The van der Waals surface area contributed by atoms with Crippen LogP contribution in [0.25, 0.3) is 0 Å². The Bertz CT molecular complexity index is 425. The lowest BCUT2D eigenvalue weighted by atomic mass is 10.0. The first kappa shape index (κ1) is 12.8. The smallest absolute Gasteiger partial charge is 0.358 e. The number of hydrogen-bond donors (Lipinski definition) is 1. The Kier molecular flexibility index (Phi) is 4.09. The Labute approximate surface area is 106 Å². The van der Waals surface area contributed by atoms with Crippen molar-refractivity contribution < 1.29 is 14.3 Å². The van der Waals surface area contributed by atoms with Crippen molar-refractivity contribution in [2.24, 2.45) is 5.92 Å². The van der Waals surface area contributed by atoms with Crippen molar-refractivity contribution in [2.75, 3.05) is 25.6 Å². The number of hydrogen-bond acceptors (Lipinski definition) is 6. The first-order valence-electron chi connectivity index (χ1n) is 5.96. The molecule has 0 spiro atoms. The highest BCUT2D eigenvalue weighted by Crippen LogP contribution is 2.20. The fourth-order valence-electron chi connectivity index (χ4n) is 1.93. The molecule has 2 rings (SSSR count). The average Bonchev–Trinajstić information content (AvgIpc) is 2.81. The van der Waals surface area contributed by atoms with Gasteiger partial charge in [0.25, 0.3) is 0 Å². The summed E-state index contributed by atoms with van der Waals surface area (Å²) in [4.78, 5) is 19.4. The van der Waals surface area contributed by atoms with Crippen molar-refractivity contribution >= 4 is 11.8 Å². The summed E-state index contributed by atoms with van der Waals surface area (Å²) in [6, 6.07) is 0. The zero-order valence-corrected chi connectivity index (χ0v) is 10.5. The minimum atomic E-state index is -0.483. The topological polar surface area (TPSA) is 73.3 Å². The van der Waals surface area contributed by atoms with E-state index in [1.165, 1.54) is 13.3 Å². The molecule has 2 atom stereocenters. The number of methoxy groups -OCH3 is 1. The third kappa shape index (κ3) is 2.95. The number of carbonyl (C=O) groups is 1. The molecule has 0 saturated carbocycles. The Morgan fingerprint density at radius 3 is 3.11 bits per heavy atom. The number of carbonyl (C=O) groups excluding carboxylic acids is 1. The van der Waals surface area contributed by atoms with E-state index in [2.05, 4.69) is 26.9 Å². The van der Waals surface area contributed by atoms with Gasteiger partial charge >= 0.3 is 5.97 Å². The summed E-state index contributed by atoms with van der Waals surface area (Å²) in [6.45, 7) is 3.64. The van der Waals surface area contributed by atoms with Crippen LogP contribution in [-0.2, 0) is 9.47 Å². The molecule has 1 N–H and O–H groups in total. The standard InChI is InChI=1S/C12H17N3O3/c1-8-9(3-4-18-8)5-14-11-7-13-6-10(15-11)12(16)17-2/h6-9H,3-5H2,1-2H3,(H,14,15). The predicted octanol–water partition coefficient (Wildman–Crippen LogP) is 1.10. The largest absolute Gasteiger partial charge is 0.464 e. The van der Waals surface area contributed by atoms with Crippen LogP contribution in [0.2, 0.25) is 0 Å². The Morgan fingerprint density at radius 2 is 2.44 bits per heavy atom. The first-order chi connectivity index (χ1) is 8.70. The van der Waals surface area contributed by atoms with E-state index in [-0.39, 0.29) is 11.8 Å². The SMILES string of the molecule is COC(=O)c1cncc(NCC2CCOC2C)n1. The van der Waals surface area contributed by atoms with E-state index < -0.39 is 5.97 Å². The van der Waals surface area contributed by atoms with Gasteiger partial charge in [-0.1, -0.05) is 0 Å². The lowest BCUT2D eigenvalue weighted by molar-refractivity contribution is 0.0593. The molecular weight excluding hydrogens is 234 g/mol. The first-order valence-corrected chi connectivity index (χ1v) is 5.96. The lowest BCUT2D eigenvalue weighted by Gasteiger charge is -2.14. The van der Waals surface area contributed by atoms with E-state index in [1.54, 1.807) is 6.20 Å². The van der Waals surface area contributed by atoms with Gasteiger partial charge in [-0.25, -0.2) is 9.78 Å². The van der Waals surface area contributed by atoms with Gasteiger partial charge in [-0.2, -0.15) is 0 Å². The van der Waals surface area contributed by atoms with Gasteiger partial charge in [-0.15, -0.1) is 0 Å². The summed E-state index contributed by atoms with van der Waals surface area (Å²) in [5.41, 5.74) is 0.207. The van der Waals surface area contributed by atoms with Crippen LogP contribution in [-0.4, -0.2) is 42.3 Å². The van der Waals surface area contributed by atoms with Crippen molar-refractivity contribution in [1.29, 1.82) is 0 Å². The third-order valence-corrected chi connectivity index (χ3v) is 3.11. The van der Waals surface area contributed by atoms with Gasteiger partial charge in [-0.05, 0) is 13.3 Å². The van der Waals surface area contributed by atoms with Crippen LogP contribution in [0.15, 0.2) is 12.4 Å².